The summed E-state index contributed by atoms with van der Waals surface area (Å²) >= 11 is 1.80. The van der Waals surface area contributed by atoms with E-state index in [-0.39, 0.29) is 5.82 Å². The van der Waals surface area contributed by atoms with Gasteiger partial charge in [-0.2, -0.15) is 0 Å². The number of benzene rings is 1. The van der Waals surface area contributed by atoms with Gasteiger partial charge in [0.2, 0.25) is 0 Å². The molecule has 1 heterocycles. The molecule has 0 spiro atoms. The first-order valence-electron chi connectivity index (χ1n) is 5.14. The monoisotopic (exact) mass is 233 g/mol. The van der Waals surface area contributed by atoms with Gasteiger partial charge in [0.15, 0.2) is 0 Å². The summed E-state index contributed by atoms with van der Waals surface area (Å²) in [6.45, 7) is 2.13. The molecule has 0 fully saturated rings. The van der Waals surface area contributed by atoms with Crippen molar-refractivity contribution in [2.75, 3.05) is 5.75 Å². The summed E-state index contributed by atoms with van der Waals surface area (Å²) < 4.78 is 12.7. The summed E-state index contributed by atoms with van der Waals surface area (Å²) in [4.78, 5) is 5.29. The van der Waals surface area contributed by atoms with E-state index in [9.17, 15) is 4.39 Å². The highest BCUT2D eigenvalue weighted by molar-refractivity contribution is 7.99. The molecule has 2 aromatic rings. The largest absolute Gasteiger partial charge is 0.253 e. The van der Waals surface area contributed by atoms with Crippen molar-refractivity contribution >= 4 is 11.8 Å². The third-order valence-corrected chi connectivity index (χ3v) is 3.08. The molecule has 0 radical (unpaired) electrons. The highest BCUT2D eigenvalue weighted by Crippen LogP contribution is 2.22. The van der Waals surface area contributed by atoms with E-state index < -0.39 is 0 Å². The van der Waals surface area contributed by atoms with Crippen LogP contribution in [-0.2, 0) is 0 Å². The van der Waals surface area contributed by atoms with Crippen LogP contribution in [0.4, 0.5) is 4.39 Å². The molecule has 2 rings (SSSR count). The first-order chi connectivity index (χ1) is 7.79. The Kier molecular flexibility index (Phi) is 3.57. The van der Waals surface area contributed by atoms with Gasteiger partial charge >= 0.3 is 0 Å². The van der Waals surface area contributed by atoms with E-state index in [0.717, 1.165) is 17.0 Å². The Morgan fingerprint density at radius 2 is 1.88 bits per heavy atom. The van der Waals surface area contributed by atoms with Gasteiger partial charge in [0, 0.05) is 10.5 Å². The van der Waals surface area contributed by atoms with Gasteiger partial charge in [0.05, 0.1) is 11.9 Å². The molecule has 3 heteroatoms. The van der Waals surface area contributed by atoms with Gasteiger partial charge in [-0.15, -0.1) is 11.8 Å². The van der Waals surface area contributed by atoms with Crippen molar-refractivity contribution in [2.24, 2.45) is 0 Å². The number of hydrogen-bond donors (Lipinski definition) is 0. The Morgan fingerprint density at radius 3 is 2.44 bits per heavy atom. The first-order valence-corrected chi connectivity index (χ1v) is 6.13. The highest BCUT2D eigenvalue weighted by Gasteiger charge is 1.99. The number of hydrogen-bond acceptors (Lipinski definition) is 2. The van der Waals surface area contributed by atoms with Gasteiger partial charge in [-0.3, -0.25) is 4.98 Å². The minimum atomic E-state index is -0.304. The molecule has 82 valence electrons. The average molecular weight is 233 g/mol. The number of nitrogens with zero attached hydrogens (tertiary/aromatic N) is 1. The SMILES string of the molecule is CCSc1ccc(-c2ccc(F)cn2)cc1. The van der Waals surface area contributed by atoms with Gasteiger partial charge in [-0.05, 0) is 30.0 Å². The van der Waals surface area contributed by atoms with Crippen molar-refractivity contribution in [1.82, 2.24) is 4.98 Å². The fraction of sp³-hybridized carbons (Fsp3) is 0.154. The molecule has 0 atom stereocenters. The van der Waals surface area contributed by atoms with Crippen molar-refractivity contribution < 1.29 is 4.39 Å². The maximum atomic E-state index is 12.7. The van der Waals surface area contributed by atoms with Crippen LogP contribution in [0.25, 0.3) is 11.3 Å². The van der Waals surface area contributed by atoms with Gasteiger partial charge in [-0.25, -0.2) is 4.39 Å². The van der Waals surface area contributed by atoms with Crippen molar-refractivity contribution in [2.45, 2.75) is 11.8 Å². The molecule has 1 aromatic carbocycles. The third kappa shape index (κ3) is 2.61. The zero-order chi connectivity index (χ0) is 11.4. The van der Waals surface area contributed by atoms with Crippen LogP contribution in [0.15, 0.2) is 47.5 Å². The lowest BCUT2D eigenvalue weighted by atomic mass is 10.1. The first kappa shape index (κ1) is 11.1. The van der Waals surface area contributed by atoms with Gasteiger partial charge in [-0.1, -0.05) is 19.1 Å². The zero-order valence-electron chi connectivity index (χ0n) is 8.98. The lowest BCUT2D eigenvalue weighted by Crippen LogP contribution is -1.84. The van der Waals surface area contributed by atoms with Crippen LogP contribution in [0, 0.1) is 5.82 Å². The zero-order valence-corrected chi connectivity index (χ0v) is 9.80. The Morgan fingerprint density at radius 1 is 1.12 bits per heavy atom. The molecule has 0 amide bonds. The quantitative estimate of drug-likeness (QED) is 0.743. The minimum absolute atomic E-state index is 0.304. The Balaban J connectivity index is 2.24. The van der Waals surface area contributed by atoms with Crippen LogP contribution in [0.3, 0.4) is 0 Å². The summed E-state index contributed by atoms with van der Waals surface area (Å²) in [5, 5.41) is 0. The lowest BCUT2D eigenvalue weighted by Gasteiger charge is -2.02. The second-order valence-corrected chi connectivity index (χ2v) is 4.66. The number of halogens is 1. The van der Waals surface area contributed by atoms with Crippen LogP contribution in [-0.4, -0.2) is 10.7 Å². The summed E-state index contributed by atoms with van der Waals surface area (Å²) in [6, 6.07) is 11.3. The fourth-order valence-electron chi connectivity index (χ4n) is 1.44. The molecule has 1 aromatic heterocycles. The molecule has 1 nitrogen and oxygen atoms in total. The molecule has 16 heavy (non-hydrogen) atoms. The smallest absolute Gasteiger partial charge is 0.141 e. The normalized spacial score (nSPS) is 10.4. The van der Waals surface area contributed by atoms with E-state index in [1.54, 1.807) is 17.8 Å². The van der Waals surface area contributed by atoms with E-state index in [0.29, 0.717) is 0 Å². The molecular formula is C13H12FNS. The molecule has 0 aliphatic heterocycles. The Labute approximate surface area is 98.7 Å². The standard InChI is InChI=1S/C13H12FNS/c1-2-16-12-6-3-10(4-7-12)13-8-5-11(14)9-15-13/h3-9H,2H2,1H3. The molecule has 0 bridgehead atoms. The summed E-state index contributed by atoms with van der Waals surface area (Å²) in [7, 11) is 0. The fourth-order valence-corrected chi connectivity index (χ4v) is 2.10. The molecule has 0 saturated carbocycles. The highest BCUT2D eigenvalue weighted by atomic mass is 32.2. The van der Waals surface area contributed by atoms with E-state index in [1.807, 2.05) is 12.1 Å². The maximum absolute atomic E-state index is 12.7. The number of thioether (sulfide) groups is 1. The third-order valence-electron chi connectivity index (χ3n) is 2.19. The molecular weight excluding hydrogens is 221 g/mol. The van der Waals surface area contributed by atoms with Crippen molar-refractivity contribution in [1.29, 1.82) is 0 Å². The molecule has 0 aliphatic carbocycles. The predicted octanol–water partition coefficient (Wildman–Crippen LogP) is 4.00. The summed E-state index contributed by atoms with van der Waals surface area (Å²) in [6.07, 6.45) is 1.24. The van der Waals surface area contributed by atoms with Crippen molar-refractivity contribution in [3.63, 3.8) is 0 Å². The Bertz CT molecular complexity index is 450. The lowest BCUT2D eigenvalue weighted by molar-refractivity contribution is 0.622. The topological polar surface area (TPSA) is 12.9 Å². The number of pyridine rings is 1. The van der Waals surface area contributed by atoms with Gasteiger partial charge in [0.25, 0.3) is 0 Å². The van der Waals surface area contributed by atoms with Crippen molar-refractivity contribution in [3.05, 3.63) is 48.4 Å². The van der Waals surface area contributed by atoms with E-state index in [1.165, 1.54) is 17.2 Å². The van der Waals surface area contributed by atoms with Crippen LogP contribution in [0.5, 0.6) is 0 Å². The van der Waals surface area contributed by atoms with E-state index >= 15 is 0 Å². The van der Waals surface area contributed by atoms with Crippen LogP contribution in [0.1, 0.15) is 6.92 Å². The van der Waals surface area contributed by atoms with E-state index in [4.69, 9.17) is 0 Å². The maximum Gasteiger partial charge on any atom is 0.141 e. The van der Waals surface area contributed by atoms with E-state index in [2.05, 4.69) is 24.0 Å². The predicted molar refractivity (Wildman–Crippen MR) is 66.0 cm³/mol. The van der Waals surface area contributed by atoms with Crippen molar-refractivity contribution in [3.8, 4) is 11.3 Å². The molecule has 0 N–H and O–H groups in total. The second kappa shape index (κ2) is 5.12. The summed E-state index contributed by atoms with van der Waals surface area (Å²) in [5.74, 6) is 0.760. The van der Waals surface area contributed by atoms with Crippen LogP contribution >= 0.6 is 11.8 Å². The van der Waals surface area contributed by atoms with Gasteiger partial charge in [0.1, 0.15) is 5.82 Å². The molecule has 0 unspecified atom stereocenters. The number of rotatable bonds is 3. The second-order valence-electron chi connectivity index (χ2n) is 3.32. The van der Waals surface area contributed by atoms with Crippen LogP contribution < -0.4 is 0 Å². The summed E-state index contributed by atoms with van der Waals surface area (Å²) in [5.41, 5.74) is 1.81. The number of aromatic nitrogens is 1. The average Bonchev–Trinajstić information content (AvgIpc) is 2.32. The Hall–Kier alpha value is -1.35. The van der Waals surface area contributed by atoms with Gasteiger partial charge < -0.3 is 0 Å². The van der Waals surface area contributed by atoms with Crippen LogP contribution in [0.2, 0.25) is 0 Å². The minimum Gasteiger partial charge on any atom is -0.253 e. The molecule has 0 aliphatic rings. The molecule has 0 saturated heterocycles.